The van der Waals surface area contributed by atoms with Crippen LogP contribution in [0.3, 0.4) is 0 Å². The van der Waals surface area contributed by atoms with Crippen LogP contribution in [0.4, 0.5) is 4.39 Å². The fraction of sp³-hybridized carbons (Fsp3) is 0.500. The lowest BCUT2D eigenvalue weighted by Crippen LogP contribution is -2.29. The van der Waals surface area contributed by atoms with Gasteiger partial charge in [0.1, 0.15) is 5.25 Å². The smallest absolute Gasteiger partial charge is 0.165 e. The maximum Gasteiger partial charge on any atom is 0.165 e. The van der Waals surface area contributed by atoms with E-state index in [2.05, 4.69) is 0 Å². The largest absolute Gasteiger partial charge is 0.505 e. The van der Waals surface area contributed by atoms with Crippen molar-refractivity contribution < 1.29 is 28.1 Å². The summed E-state index contributed by atoms with van der Waals surface area (Å²) in [7, 11) is -3.46. The standard InChI is InChI=1S/C20H27FO5S/c1-3-4-15-12-27(25,26)19(11-22)20(15)18(24)7-5-13(2)9-14-6-8-17(23)16(21)10-14/h6,8-10,18-19,22-24H,3-5,7,11-12H2,1-2H3/b13-9+/t18-,19+/m1/s1. The molecule has 2 atom stereocenters. The molecule has 0 bridgehead atoms. The van der Waals surface area contributed by atoms with Crippen LogP contribution >= 0.6 is 0 Å². The number of aliphatic hydroxyl groups is 2. The van der Waals surface area contributed by atoms with E-state index in [1.807, 2.05) is 13.8 Å². The Morgan fingerprint density at radius 2 is 2.11 bits per heavy atom. The Morgan fingerprint density at radius 3 is 2.70 bits per heavy atom. The molecule has 0 unspecified atom stereocenters. The van der Waals surface area contributed by atoms with E-state index in [0.717, 1.165) is 12.0 Å². The van der Waals surface area contributed by atoms with Gasteiger partial charge in [-0.15, -0.1) is 0 Å². The van der Waals surface area contributed by atoms with Crippen molar-refractivity contribution in [1.29, 1.82) is 0 Å². The lowest BCUT2D eigenvalue weighted by Gasteiger charge is -2.19. The van der Waals surface area contributed by atoms with Crippen LogP contribution in [-0.4, -0.2) is 47.5 Å². The Labute approximate surface area is 159 Å². The molecule has 0 aromatic heterocycles. The number of phenols is 1. The van der Waals surface area contributed by atoms with Crippen molar-refractivity contribution >= 4 is 15.9 Å². The molecular formula is C20H27FO5S. The number of hydrogen-bond acceptors (Lipinski definition) is 5. The first-order chi connectivity index (χ1) is 12.7. The molecule has 0 amide bonds. The summed E-state index contributed by atoms with van der Waals surface area (Å²) in [4.78, 5) is 0. The highest BCUT2D eigenvalue weighted by Crippen LogP contribution is 2.34. The second-order valence-corrected chi connectivity index (χ2v) is 9.23. The first-order valence-electron chi connectivity index (χ1n) is 9.07. The molecule has 0 spiro atoms. The van der Waals surface area contributed by atoms with Crippen molar-refractivity contribution in [2.45, 2.75) is 50.9 Å². The molecule has 2 rings (SSSR count). The van der Waals surface area contributed by atoms with Crippen molar-refractivity contribution in [2.24, 2.45) is 0 Å². The van der Waals surface area contributed by atoms with Gasteiger partial charge in [-0.1, -0.05) is 36.6 Å². The Hall–Kier alpha value is -1.70. The second-order valence-electron chi connectivity index (χ2n) is 7.04. The van der Waals surface area contributed by atoms with Crippen LogP contribution in [0.2, 0.25) is 0 Å². The third-order valence-electron chi connectivity index (χ3n) is 4.84. The zero-order valence-electron chi connectivity index (χ0n) is 15.7. The number of sulfone groups is 1. The number of hydrogen-bond donors (Lipinski definition) is 3. The van der Waals surface area contributed by atoms with Gasteiger partial charge >= 0.3 is 0 Å². The first kappa shape index (κ1) is 21.6. The van der Waals surface area contributed by atoms with E-state index in [4.69, 9.17) is 0 Å². The van der Waals surface area contributed by atoms with Crippen LogP contribution in [0.1, 0.15) is 45.1 Å². The molecule has 27 heavy (non-hydrogen) atoms. The molecule has 0 saturated heterocycles. The summed E-state index contributed by atoms with van der Waals surface area (Å²) in [5.74, 6) is -1.21. The van der Waals surface area contributed by atoms with Crippen molar-refractivity contribution in [3.8, 4) is 5.75 Å². The van der Waals surface area contributed by atoms with E-state index in [0.29, 0.717) is 36.0 Å². The lowest BCUT2D eigenvalue weighted by molar-refractivity contribution is 0.188. The molecule has 1 heterocycles. The molecule has 5 nitrogen and oxygen atoms in total. The zero-order chi connectivity index (χ0) is 20.2. The molecule has 0 fully saturated rings. The van der Waals surface area contributed by atoms with E-state index >= 15 is 0 Å². The van der Waals surface area contributed by atoms with Gasteiger partial charge in [-0.05, 0) is 49.5 Å². The quantitative estimate of drug-likeness (QED) is 0.585. The lowest BCUT2D eigenvalue weighted by atomic mass is 9.93. The third kappa shape index (κ3) is 5.18. The number of aromatic hydroxyl groups is 1. The van der Waals surface area contributed by atoms with Crippen LogP contribution in [-0.2, 0) is 9.84 Å². The molecule has 150 valence electrons. The van der Waals surface area contributed by atoms with Gasteiger partial charge < -0.3 is 15.3 Å². The Balaban J connectivity index is 2.12. The Morgan fingerprint density at radius 1 is 1.41 bits per heavy atom. The summed E-state index contributed by atoms with van der Waals surface area (Å²) >= 11 is 0. The van der Waals surface area contributed by atoms with Crippen molar-refractivity contribution in [2.75, 3.05) is 12.4 Å². The average molecular weight is 398 g/mol. The van der Waals surface area contributed by atoms with Gasteiger partial charge in [0.25, 0.3) is 0 Å². The minimum Gasteiger partial charge on any atom is -0.505 e. The summed E-state index contributed by atoms with van der Waals surface area (Å²) < 4.78 is 37.9. The highest BCUT2D eigenvalue weighted by atomic mass is 32.2. The molecule has 1 aliphatic rings. The van der Waals surface area contributed by atoms with E-state index < -0.39 is 39.4 Å². The number of rotatable bonds is 8. The minimum atomic E-state index is -3.46. The Kier molecular flexibility index (Phi) is 7.19. The molecular weight excluding hydrogens is 371 g/mol. The van der Waals surface area contributed by atoms with Gasteiger partial charge in [0.2, 0.25) is 0 Å². The maximum atomic E-state index is 13.4. The van der Waals surface area contributed by atoms with Crippen LogP contribution in [0.5, 0.6) is 5.75 Å². The predicted octanol–water partition coefficient (Wildman–Crippen LogP) is 2.96. The van der Waals surface area contributed by atoms with Crippen molar-refractivity contribution in [1.82, 2.24) is 0 Å². The van der Waals surface area contributed by atoms with E-state index in [1.54, 1.807) is 12.1 Å². The van der Waals surface area contributed by atoms with Gasteiger partial charge in [-0.2, -0.15) is 0 Å². The SMILES string of the molecule is CCCC1=C([C@H](O)CC/C(C)=C/c2ccc(O)c(F)c2)[C@H](CO)S(=O)(=O)C1. The molecule has 7 heteroatoms. The fourth-order valence-electron chi connectivity index (χ4n) is 3.52. The normalized spacial score (nSPS) is 20.9. The first-order valence-corrected chi connectivity index (χ1v) is 10.8. The molecule has 1 aromatic carbocycles. The summed E-state index contributed by atoms with van der Waals surface area (Å²) in [5.41, 5.74) is 2.65. The van der Waals surface area contributed by atoms with Crippen LogP contribution in [0.15, 0.2) is 34.9 Å². The van der Waals surface area contributed by atoms with E-state index in [1.165, 1.54) is 12.1 Å². The number of allylic oxidation sites excluding steroid dienone is 1. The van der Waals surface area contributed by atoms with Crippen LogP contribution < -0.4 is 0 Å². The second kappa shape index (κ2) is 8.99. The monoisotopic (exact) mass is 398 g/mol. The summed E-state index contributed by atoms with van der Waals surface area (Å²) in [5, 5.41) is 28.4. The van der Waals surface area contributed by atoms with E-state index in [-0.39, 0.29) is 5.75 Å². The summed E-state index contributed by atoms with van der Waals surface area (Å²) in [6, 6.07) is 4.09. The van der Waals surface area contributed by atoms with Gasteiger partial charge in [0.15, 0.2) is 21.4 Å². The summed E-state index contributed by atoms with van der Waals surface area (Å²) in [6.07, 6.45) is 2.98. The fourth-order valence-corrected chi connectivity index (χ4v) is 5.45. The average Bonchev–Trinajstić information content (AvgIpc) is 2.86. The number of halogens is 1. The van der Waals surface area contributed by atoms with Gasteiger partial charge in [-0.3, -0.25) is 0 Å². The molecule has 1 aliphatic heterocycles. The third-order valence-corrected chi connectivity index (χ3v) is 6.86. The molecule has 0 aliphatic carbocycles. The van der Waals surface area contributed by atoms with Gasteiger partial charge in [0.05, 0.1) is 18.5 Å². The van der Waals surface area contributed by atoms with E-state index in [9.17, 15) is 28.1 Å². The number of phenolic OH excluding ortho intramolecular Hbond substituents is 1. The Bertz CT molecular complexity index is 842. The van der Waals surface area contributed by atoms with Crippen LogP contribution in [0, 0.1) is 5.82 Å². The van der Waals surface area contributed by atoms with Gasteiger partial charge in [0, 0.05) is 0 Å². The maximum absolute atomic E-state index is 13.4. The molecule has 1 aromatic rings. The number of aliphatic hydroxyl groups excluding tert-OH is 2. The predicted molar refractivity (Wildman–Crippen MR) is 104 cm³/mol. The van der Waals surface area contributed by atoms with Crippen molar-refractivity contribution in [3.63, 3.8) is 0 Å². The topological polar surface area (TPSA) is 94.8 Å². The molecule has 0 saturated carbocycles. The number of benzene rings is 1. The highest BCUT2D eigenvalue weighted by molar-refractivity contribution is 7.92. The summed E-state index contributed by atoms with van der Waals surface area (Å²) in [6.45, 7) is 3.26. The van der Waals surface area contributed by atoms with Crippen molar-refractivity contribution in [3.05, 3.63) is 46.3 Å². The minimum absolute atomic E-state index is 0.0972. The van der Waals surface area contributed by atoms with Crippen LogP contribution in [0.25, 0.3) is 6.08 Å². The van der Waals surface area contributed by atoms with Gasteiger partial charge in [-0.25, -0.2) is 12.8 Å². The molecule has 0 radical (unpaired) electrons. The molecule has 3 N–H and O–H groups in total. The zero-order valence-corrected chi connectivity index (χ0v) is 16.5. The highest BCUT2D eigenvalue weighted by Gasteiger charge is 2.40.